The number of hydrogen-bond acceptors (Lipinski definition) is 2. The molecule has 6 heteroatoms. The molecule has 0 amide bonds. The monoisotopic (exact) mass is 223 g/mol. The van der Waals surface area contributed by atoms with Crippen molar-refractivity contribution >= 4 is 11.9 Å². The fourth-order valence-corrected chi connectivity index (χ4v) is 0.987. The molecule has 0 aliphatic heterocycles. The molecular formula is C10H17N5O. The van der Waals surface area contributed by atoms with Crippen LogP contribution >= 0.6 is 0 Å². The summed E-state index contributed by atoms with van der Waals surface area (Å²) in [7, 11) is 3.58. The Bertz CT molecular complexity index is 367. The van der Waals surface area contributed by atoms with Gasteiger partial charge in [-0.15, -0.1) is 0 Å². The normalized spacial score (nSPS) is 12.9. The molecule has 1 aromatic heterocycles. The van der Waals surface area contributed by atoms with E-state index in [0.29, 0.717) is 12.5 Å². The van der Waals surface area contributed by atoms with Gasteiger partial charge < -0.3 is 20.8 Å². The molecule has 6 nitrogen and oxygen atoms in total. The lowest BCUT2D eigenvalue weighted by Gasteiger charge is -2.09. The maximum atomic E-state index is 5.58. The van der Waals surface area contributed by atoms with Crippen LogP contribution < -0.4 is 11.5 Å². The molecule has 0 fully saturated rings. The lowest BCUT2D eigenvalue weighted by molar-refractivity contribution is 0.564. The molecule has 4 N–H and O–H groups in total. The van der Waals surface area contributed by atoms with Crippen LogP contribution in [0.4, 0.5) is 0 Å². The Morgan fingerprint density at radius 2 is 2.19 bits per heavy atom. The van der Waals surface area contributed by atoms with Gasteiger partial charge in [-0.1, -0.05) is 0 Å². The number of rotatable bonds is 3. The summed E-state index contributed by atoms with van der Waals surface area (Å²) < 4.78 is 4.93. The highest BCUT2D eigenvalue weighted by molar-refractivity contribution is 5.93. The summed E-state index contributed by atoms with van der Waals surface area (Å²) in [5.41, 5.74) is 12.3. The van der Waals surface area contributed by atoms with Gasteiger partial charge in [0.05, 0.1) is 12.5 Å². The first-order chi connectivity index (χ1) is 7.59. The highest BCUT2D eigenvalue weighted by atomic mass is 16.3. The van der Waals surface area contributed by atoms with Crippen molar-refractivity contribution in [2.45, 2.75) is 6.42 Å². The molecule has 0 bridgehead atoms. The zero-order valence-corrected chi connectivity index (χ0v) is 9.55. The van der Waals surface area contributed by atoms with Gasteiger partial charge in [0, 0.05) is 20.6 Å². The van der Waals surface area contributed by atoms with Gasteiger partial charge in [0.15, 0.2) is 5.96 Å². The minimum atomic E-state index is 0.190. The Kier molecular flexibility index (Phi) is 4.38. The first-order valence-electron chi connectivity index (χ1n) is 4.92. The quantitative estimate of drug-likeness (QED) is 0.557. The fourth-order valence-electron chi connectivity index (χ4n) is 0.987. The minimum absolute atomic E-state index is 0.190. The summed E-state index contributed by atoms with van der Waals surface area (Å²) in [5, 5.41) is 0. The van der Waals surface area contributed by atoms with E-state index in [-0.39, 0.29) is 5.96 Å². The van der Waals surface area contributed by atoms with Crippen LogP contribution in [0.15, 0.2) is 33.0 Å². The predicted octanol–water partition coefficient (Wildman–Crippen LogP) is 0.0131. The predicted molar refractivity (Wildman–Crippen MR) is 64.2 cm³/mol. The molecule has 0 spiro atoms. The van der Waals surface area contributed by atoms with Crippen LogP contribution in [0.25, 0.3) is 0 Å². The van der Waals surface area contributed by atoms with Gasteiger partial charge in [-0.05, 0) is 18.1 Å². The van der Waals surface area contributed by atoms with Crippen LogP contribution in [0.3, 0.4) is 0 Å². The van der Waals surface area contributed by atoms with Crippen molar-refractivity contribution in [3.8, 4) is 0 Å². The van der Waals surface area contributed by atoms with Crippen molar-refractivity contribution in [3.63, 3.8) is 0 Å². The van der Waals surface area contributed by atoms with Crippen molar-refractivity contribution in [1.29, 1.82) is 0 Å². The summed E-state index contributed by atoms with van der Waals surface area (Å²) in [6.45, 7) is 0.565. The van der Waals surface area contributed by atoms with Crippen molar-refractivity contribution < 1.29 is 4.42 Å². The summed E-state index contributed by atoms with van der Waals surface area (Å²) in [5.74, 6) is 0.527. The third-order valence-electron chi connectivity index (χ3n) is 1.94. The third-order valence-corrected chi connectivity index (χ3v) is 1.94. The molecule has 88 valence electrons. The summed E-state index contributed by atoms with van der Waals surface area (Å²) in [6.07, 6.45) is 4.09. The average Bonchev–Trinajstić information content (AvgIpc) is 2.70. The maximum absolute atomic E-state index is 5.58. The Morgan fingerprint density at radius 1 is 1.44 bits per heavy atom. The number of hydrogen-bond donors (Lipinski definition) is 2. The number of nitrogens with zero attached hydrogens (tertiary/aromatic N) is 3. The molecule has 0 unspecified atom stereocenters. The topological polar surface area (TPSA) is 93.1 Å². The zero-order valence-electron chi connectivity index (χ0n) is 9.55. The van der Waals surface area contributed by atoms with Gasteiger partial charge in [0.25, 0.3) is 0 Å². The Balaban J connectivity index is 2.42. The second kappa shape index (κ2) is 5.79. The van der Waals surface area contributed by atoms with E-state index in [9.17, 15) is 0 Å². The van der Waals surface area contributed by atoms with E-state index in [1.807, 2.05) is 6.07 Å². The van der Waals surface area contributed by atoms with E-state index in [1.165, 1.54) is 0 Å². The van der Waals surface area contributed by atoms with Crippen LogP contribution in [0.2, 0.25) is 0 Å². The molecule has 0 atom stereocenters. The van der Waals surface area contributed by atoms with Gasteiger partial charge in [-0.25, -0.2) is 0 Å². The largest absolute Gasteiger partial charge is 0.472 e. The van der Waals surface area contributed by atoms with Gasteiger partial charge in [0.2, 0.25) is 5.96 Å². The number of furan rings is 1. The molecule has 0 aromatic carbocycles. The zero-order chi connectivity index (χ0) is 12.0. The molecule has 16 heavy (non-hydrogen) atoms. The Morgan fingerprint density at radius 3 is 2.75 bits per heavy atom. The number of guanidine groups is 2. The second-order valence-corrected chi connectivity index (χ2v) is 3.49. The molecule has 0 saturated carbocycles. The molecule has 0 radical (unpaired) electrons. The molecular weight excluding hydrogens is 206 g/mol. The molecule has 0 aliphatic rings. The van der Waals surface area contributed by atoms with E-state index in [4.69, 9.17) is 15.9 Å². The van der Waals surface area contributed by atoms with Crippen LogP contribution in [-0.2, 0) is 6.42 Å². The van der Waals surface area contributed by atoms with Crippen molar-refractivity contribution in [3.05, 3.63) is 24.2 Å². The van der Waals surface area contributed by atoms with E-state index in [2.05, 4.69) is 9.98 Å². The first-order valence-corrected chi connectivity index (χ1v) is 4.92. The van der Waals surface area contributed by atoms with Crippen molar-refractivity contribution in [2.24, 2.45) is 21.5 Å². The SMILES string of the molecule is CN(C)C(N)=NC(N)=NCCc1ccoc1. The van der Waals surface area contributed by atoms with Crippen LogP contribution in [0, 0.1) is 0 Å². The smallest absolute Gasteiger partial charge is 0.218 e. The first kappa shape index (κ1) is 12.1. The van der Waals surface area contributed by atoms with Crippen molar-refractivity contribution in [1.82, 2.24) is 4.90 Å². The van der Waals surface area contributed by atoms with E-state index in [0.717, 1.165) is 12.0 Å². The van der Waals surface area contributed by atoms with Crippen LogP contribution in [-0.4, -0.2) is 37.5 Å². The Hall–Kier alpha value is -1.98. The molecule has 0 saturated heterocycles. The van der Waals surface area contributed by atoms with Gasteiger partial charge in [-0.2, -0.15) is 4.99 Å². The van der Waals surface area contributed by atoms with E-state index in [1.54, 1.807) is 31.5 Å². The number of aliphatic imine (C=N–C) groups is 2. The van der Waals surface area contributed by atoms with Gasteiger partial charge >= 0.3 is 0 Å². The third kappa shape index (κ3) is 4.04. The van der Waals surface area contributed by atoms with Gasteiger partial charge in [0.1, 0.15) is 0 Å². The molecule has 1 heterocycles. The average molecular weight is 223 g/mol. The summed E-state index contributed by atoms with van der Waals surface area (Å²) in [4.78, 5) is 9.67. The fraction of sp³-hybridized carbons (Fsp3) is 0.400. The summed E-state index contributed by atoms with van der Waals surface area (Å²) in [6, 6.07) is 1.89. The molecule has 1 aromatic rings. The van der Waals surface area contributed by atoms with Gasteiger partial charge in [-0.3, -0.25) is 4.99 Å². The van der Waals surface area contributed by atoms with Crippen LogP contribution in [0.1, 0.15) is 5.56 Å². The highest BCUT2D eigenvalue weighted by Gasteiger charge is 1.96. The Labute approximate surface area is 94.6 Å². The maximum Gasteiger partial charge on any atom is 0.218 e. The molecule has 1 rings (SSSR count). The number of nitrogens with two attached hydrogens (primary N) is 2. The summed E-state index contributed by atoms with van der Waals surface area (Å²) >= 11 is 0. The lowest BCUT2D eigenvalue weighted by Crippen LogP contribution is -2.32. The van der Waals surface area contributed by atoms with Crippen LogP contribution in [0.5, 0.6) is 0 Å². The second-order valence-electron chi connectivity index (χ2n) is 3.49. The van der Waals surface area contributed by atoms with E-state index >= 15 is 0 Å². The lowest BCUT2D eigenvalue weighted by atomic mass is 10.2. The minimum Gasteiger partial charge on any atom is -0.472 e. The highest BCUT2D eigenvalue weighted by Crippen LogP contribution is 2.00. The standard InChI is InChI=1S/C10H17N5O/c1-15(2)10(12)14-9(11)13-5-3-8-4-6-16-7-8/h4,6-7H,3,5H2,1-2H3,(H4,11,12,13,14). The van der Waals surface area contributed by atoms with E-state index < -0.39 is 0 Å². The van der Waals surface area contributed by atoms with Crippen molar-refractivity contribution in [2.75, 3.05) is 20.6 Å². The molecule has 0 aliphatic carbocycles.